The van der Waals surface area contributed by atoms with E-state index in [9.17, 15) is 0 Å². The van der Waals surface area contributed by atoms with Gasteiger partial charge in [-0.1, -0.05) is 35.0 Å². The highest BCUT2D eigenvalue weighted by Crippen LogP contribution is 2.46. The van der Waals surface area contributed by atoms with Gasteiger partial charge in [0.05, 0.1) is 0 Å². The molecule has 1 aromatic rings. The van der Waals surface area contributed by atoms with Crippen LogP contribution < -0.4 is 5.73 Å². The van der Waals surface area contributed by atoms with Gasteiger partial charge < -0.3 is 5.73 Å². The van der Waals surface area contributed by atoms with E-state index in [0.717, 1.165) is 10.9 Å². The molecule has 0 radical (unpaired) electrons. The summed E-state index contributed by atoms with van der Waals surface area (Å²) in [4.78, 5) is 0. The topological polar surface area (TPSA) is 26.0 Å². The largest absolute Gasteiger partial charge is 0.327 e. The lowest BCUT2D eigenvalue weighted by Gasteiger charge is -2.09. The molecule has 1 nitrogen and oxygen atoms in total. The molecule has 13 heavy (non-hydrogen) atoms. The number of hydrogen-bond donors (Lipinski definition) is 1. The van der Waals surface area contributed by atoms with E-state index in [0.29, 0.717) is 6.04 Å². The maximum absolute atomic E-state index is 5.86. The molecule has 0 aromatic heterocycles. The van der Waals surface area contributed by atoms with E-state index in [1.807, 2.05) is 0 Å². The van der Waals surface area contributed by atoms with Gasteiger partial charge in [-0.05, 0) is 24.1 Å². The second-order valence-corrected chi connectivity index (χ2v) is 4.65. The van der Waals surface area contributed by atoms with Crippen molar-refractivity contribution in [3.63, 3.8) is 0 Å². The van der Waals surface area contributed by atoms with Crippen molar-refractivity contribution in [2.45, 2.75) is 24.8 Å². The van der Waals surface area contributed by atoms with Gasteiger partial charge >= 0.3 is 0 Å². The summed E-state index contributed by atoms with van der Waals surface area (Å²) in [6.45, 7) is 2.22. The molecule has 1 aromatic carbocycles. The predicted octanol–water partition coefficient (Wildman–Crippen LogP) is 2.86. The van der Waals surface area contributed by atoms with Gasteiger partial charge in [-0.15, -0.1) is 12.4 Å². The van der Waals surface area contributed by atoms with E-state index >= 15 is 0 Å². The second kappa shape index (κ2) is 3.60. The van der Waals surface area contributed by atoms with Crippen LogP contribution in [0.5, 0.6) is 0 Å². The van der Waals surface area contributed by atoms with Gasteiger partial charge in [-0.25, -0.2) is 0 Å². The SMILES string of the molecule is CC1(c2ccc(Br)cc2)CC1N.Cl. The van der Waals surface area contributed by atoms with E-state index in [-0.39, 0.29) is 17.8 Å². The molecule has 2 N–H and O–H groups in total. The van der Waals surface area contributed by atoms with Crippen LogP contribution in [-0.2, 0) is 5.41 Å². The van der Waals surface area contributed by atoms with Gasteiger partial charge in [0.25, 0.3) is 0 Å². The van der Waals surface area contributed by atoms with Crippen LogP contribution in [0.4, 0.5) is 0 Å². The fraction of sp³-hybridized carbons (Fsp3) is 0.400. The molecule has 1 aliphatic carbocycles. The lowest BCUT2D eigenvalue weighted by molar-refractivity contribution is 0.741. The van der Waals surface area contributed by atoms with Crippen LogP contribution in [0.25, 0.3) is 0 Å². The maximum Gasteiger partial charge on any atom is 0.0175 e. The molecule has 2 atom stereocenters. The Morgan fingerprint density at radius 2 is 1.85 bits per heavy atom. The van der Waals surface area contributed by atoms with Crippen LogP contribution in [0.3, 0.4) is 0 Å². The molecule has 0 heterocycles. The normalized spacial score (nSPS) is 30.8. The summed E-state index contributed by atoms with van der Waals surface area (Å²) in [7, 11) is 0. The first-order valence-electron chi connectivity index (χ1n) is 4.14. The highest BCUT2D eigenvalue weighted by Gasteiger charge is 2.48. The Balaban J connectivity index is 0.000000845. The first-order valence-corrected chi connectivity index (χ1v) is 4.94. The number of hydrogen-bond acceptors (Lipinski definition) is 1. The highest BCUT2D eigenvalue weighted by atomic mass is 79.9. The van der Waals surface area contributed by atoms with Gasteiger partial charge in [0.1, 0.15) is 0 Å². The van der Waals surface area contributed by atoms with E-state index in [1.165, 1.54) is 5.56 Å². The molecule has 0 bridgehead atoms. The maximum atomic E-state index is 5.86. The molecule has 2 rings (SSSR count). The zero-order chi connectivity index (χ0) is 8.77. The lowest BCUT2D eigenvalue weighted by Crippen LogP contribution is -2.14. The van der Waals surface area contributed by atoms with Crippen molar-refractivity contribution < 1.29 is 0 Å². The van der Waals surface area contributed by atoms with Crippen LogP contribution in [0.1, 0.15) is 18.9 Å². The fourth-order valence-electron chi connectivity index (χ4n) is 1.56. The summed E-state index contributed by atoms with van der Waals surface area (Å²) in [5.74, 6) is 0. The Labute approximate surface area is 93.2 Å². The summed E-state index contributed by atoms with van der Waals surface area (Å²) < 4.78 is 1.13. The first kappa shape index (κ1) is 11.0. The molecular formula is C10H13BrClN. The fourth-order valence-corrected chi connectivity index (χ4v) is 1.82. The Bertz CT molecular complexity index is 298. The van der Waals surface area contributed by atoms with Crippen molar-refractivity contribution in [3.8, 4) is 0 Å². The third kappa shape index (κ3) is 1.90. The van der Waals surface area contributed by atoms with E-state index in [2.05, 4.69) is 47.1 Å². The van der Waals surface area contributed by atoms with E-state index in [4.69, 9.17) is 5.73 Å². The molecule has 0 aliphatic heterocycles. The van der Waals surface area contributed by atoms with E-state index in [1.54, 1.807) is 0 Å². The van der Waals surface area contributed by atoms with Crippen molar-refractivity contribution in [3.05, 3.63) is 34.3 Å². The van der Waals surface area contributed by atoms with Gasteiger partial charge in [-0.2, -0.15) is 0 Å². The van der Waals surface area contributed by atoms with Crippen molar-refractivity contribution in [1.29, 1.82) is 0 Å². The number of halogens is 2. The smallest absolute Gasteiger partial charge is 0.0175 e. The minimum atomic E-state index is 0. The third-order valence-electron chi connectivity index (χ3n) is 2.81. The minimum absolute atomic E-state index is 0. The molecule has 72 valence electrons. The van der Waals surface area contributed by atoms with Gasteiger partial charge in [0.2, 0.25) is 0 Å². The number of benzene rings is 1. The monoisotopic (exact) mass is 261 g/mol. The van der Waals surface area contributed by atoms with Gasteiger partial charge in [0, 0.05) is 15.9 Å². The summed E-state index contributed by atoms with van der Waals surface area (Å²) in [6.07, 6.45) is 1.12. The number of nitrogens with two attached hydrogens (primary N) is 1. The summed E-state index contributed by atoms with van der Waals surface area (Å²) in [6, 6.07) is 8.81. The molecule has 0 saturated heterocycles. The lowest BCUT2D eigenvalue weighted by atomic mass is 9.98. The van der Waals surface area contributed by atoms with Gasteiger partial charge in [-0.3, -0.25) is 0 Å². The zero-order valence-corrected chi connectivity index (χ0v) is 9.86. The zero-order valence-electron chi connectivity index (χ0n) is 7.46. The molecule has 2 unspecified atom stereocenters. The predicted molar refractivity (Wildman–Crippen MR) is 61.3 cm³/mol. The van der Waals surface area contributed by atoms with Crippen molar-refractivity contribution >= 4 is 28.3 Å². The molecule has 0 amide bonds. The summed E-state index contributed by atoms with van der Waals surface area (Å²) >= 11 is 3.42. The average Bonchev–Trinajstić information content (AvgIpc) is 2.62. The Morgan fingerprint density at radius 3 is 2.23 bits per heavy atom. The first-order chi connectivity index (χ1) is 5.63. The Hall–Kier alpha value is -0.0500. The molecule has 1 aliphatic rings. The van der Waals surface area contributed by atoms with Crippen molar-refractivity contribution in [2.24, 2.45) is 5.73 Å². The van der Waals surface area contributed by atoms with Crippen LogP contribution in [0, 0.1) is 0 Å². The quantitative estimate of drug-likeness (QED) is 0.827. The molecule has 0 spiro atoms. The van der Waals surface area contributed by atoms with Crippen molar-refractivity contribution in [1.82, 2.24) is 0 Å². The van der Waals surface area contributed by atoms with Gasteiger partial charge in [0.15, 0.2) is 0 Å². The van der Waals surface area contributed by atoms with Crippen LogP contribution in [0.2, 0.25) is 0 Å². The van der Waals surface area contributed by atoms with Crippen LogP contribution in [-0.4, -0.2) is 6.04 Å². The third-order valence-corrected chi connectivity index (χ3v) is 3.33. The average molecular weight is 263 g/mol. The Kier molecular flexibility index (Phi) is 3.05. The molecule has 1 fully saturated rings. The molecule has 3 heteroatoms. The van der Waals surface area contributed by atoms with E-state index < -0.39 is 0 Å². The Morgan fingerprint density at radius 1 is 1.38 bits per heavy atom. The molecule has 1 saturated carbocycles. The summed E-state index contributed by atoms with van der Waals surface area (Å²) in [5, 5.41) is 0. The molecular weight excluding hydrogens is 249 g/mol. The van der Waals surface area contributed by atoms with Crippen LogP contribution in [0.15, 0.2) is 28.7 Å². The van der Waals surface area contributed by atoms with Crippen LogP contribution >= 0.6 is 28.3 Å². The summed E-state index contributed by atoms with van der Waals surface area (Å²) in [5.41, 5.74) is 7.47. The standard InChI is InChI=1S/C10H12BrN.ClH/c1-10(6-9(10)12)7-2-4-8(11)5-3-7;/h2-5,9H,6,12H2,1H3;1H. The highest BCUT2D eigenvalue weighted by molar-refractivity contribution is 9.10. The minimum Gasteiger partial charge on any atom is -0.327 e. The number of rotatable bonds is 1. The second-order valence-electron chi connectivity index (χ2n) is 3.73. The van der Waals surface area contributed by atoms with Crippen molar-refractivity contribution in [2.75, 3.05) is 0 Å².